The lowest BCUT2D eigenvalue weighted by Gasteiger charge is -2.07. The van der Waals surface area contributed by atoms with Gasteiger partial charge in [0.2, 0.25) is 0 Å². The molecule has 0 radical (unpaired) electrons. The highest BCUT2D eigenvalue weighted by atomic mass is 19.1. The maximum absolute atomic E-state index is 13.9. The van der Waals surface area contributed by atoms with Gasteiger partial charge in [0.25, 0.3) is 0 Å². The van der Waals surface area contributed by atoms with Crippen LogP contribution in [0.2, 0.25) is 0 Å². The van der Waals surface area contributed by atoms with Crippen molar-refractivity contribution in [3.05, 3.63) is 65.1 Å². The van der Waals surface area contributed by atoms with Gasteiger partial charge in [-0.1, -0.05) is 25.1 Å². The molecule has 0 unspecified atom stereocenters. The number of imidazole rings is 1. The predicted molar refractivity (Wildman–Crippen MR) is 82.6 cm³/mol. The summed E-state index contributed by atoms with van der Waals surface area (Å²) in [4.78, 5) is 8.91. The number of nitrogens with one attached hydrogen (secondary N) is 1. The molecule has 0 aliphatic heterocycles. The maximum atomic E-state index is 13.9. The second-order valence-corrected chi connectivity index (χ2v) is 5.07. The number of amidine groups is 1. The van der Waals surface area contributed by atoms with Crippen molar-refractivity contribution in [2.24, 2.45) is 5.73 Å². The molecule has 0 amide bonds. The van der Waals surface area contributed by atoms with Gasteiger partial charge in [-0.2, -0.15) is 0 Å². The smallest absolute Gasteiger partial charge is 0.159 e. The Morgan fingerprint density at radius 3 is 2.73 bits per heavy atom. The Kier molecular flexibility index (Phi) is 3.58. The number of hydrogen-bond acceptors (Lipinski definition) is 3. The Hall–Kier alpha value is -2.76. The summed E-state index contributed by atoms with van der Waals surface area (Å²) in [6, 6.07) is 6.58. The number of aryl methyl sites for hydroxylation is 1. The van der Waals surface area contributed by atoms with Crippen LogP contribution in [-0.4, -0.2) is 20.2 Å². The van der Waals surface area contributed by atoms with Crippen molar-refractivity contribution in [1.29, 1.82) is 5.41 Å². The van der Waals surface area contributed by atoms with Crippen molar-refractivity contribution in [3.8, 4) is 0 Å². The van der Waals surface area contributed by atoms with Gasteiger partial charge in [-0.15, -0.1) is 0 Å². The average Bonchev–Trinajstić information content (AvgIpc) is 2.92. The lowest BCUT2D eigenvalue weighted by molar-refractivity contribution is 0.613. The van der Waals surface area contributed by atoms with Crippen LogP contribution in [0.15, 0.2) is 36.7 Å². The summed E-state index contributed by atoms with van der Waals surface area (Å²) < 4.78 is 15.7. The first-order valence-electron chi connectivity index (χ1n) is 7.03. The van der Waals surface area contributed by atoms with Crippen LogP contribution in [0, 0.1) is 11.2 Å². The molecule has 0 bridgehead atoms. The molecule has 0 spiro atoms. The molecule has 0 aliphatic carbocycles. The van der Waals surface area contributed by atoms with Gasteiger partial charge in [0.15, 0.2) is 5.65 Å². The molecule has 1 aromatic carbocycles. The fraction of sp³-hybridized carbons (Fsp3) is 0.188. The average molecular weight is 297 g/mol. The van der Waals surface area contributed by atoms with Crippen LogP contribution in [0.3, 0.4) is 0 Å². The Bertz CT molecular complexity index is 853. The monoisotopic (exact) mass is 297 g/mol. The minimum atomic E-state index is -0.280. The molecule has 0 fully saturated rings. The van der Waals surface area contributed by atoms with Crippen LogP contribution in [0.5, 0.6) is 0 Å². The van der Waals surface area contributed by atoms with E-state index in [4.69, 9.17) is 11.1 Å². The molecule has 3 N–H and O–H groups in total. The van der Waals surface area contributed by atoms with Crippen molar-refractivity contribution in [2.75, 3.05) is 0 Å². The number of halogens is 1. The van der Waals surface area contributed by atoms with Crippen LogP contribution in [0.25, 0.3) is 5.65 Å². The molecule has 3 rings (SSSR count). The van der Waals surface area contributed by atoms with E-state index < -0.39 is 0 Å². The number of rotatable bonds is 4. The summed E-state index contributed by atoms with van der Waals surface area (Å²) in [6.45, 7) is 2.01. The molecular formula is C16H16FN5. The zero-order chi connectivity index (χ0) is 15.7. The second-order valence-electron chi connectivity index (χ2n) is 5.07. The highest BCUT2D eigenvalue weighted by Gasteiger charge is 2.13. The van der Waals surface area contributed by atoms with E-state index >= 15 is 0 Å². The summed E-state index contributed by atoms with van der Waals surface area (Å²) in [5.74, 6) is -0.401. The van der Waals surface area contributed by atoms with E-state index in [1.165, 1.54) is 6.07 Å². The molecule has 22 heavy (non-hydrogen) atoms. The highest BCUT2D eigenvalue weighted by Crippen LogP contribution is 2.17. The molecule has 3 aromatic rings. The van der Waals surface area contributed by atoms with Crippen molar-refractivity contribution < 1.29 is 4.39 Å². The minimum absolute atomic E-state index is 0.122. The van der Waals surface area contributed by atoms with E-state index in [9.17, 15) is 4.39 Å². The number of nitrogens with zero attached hydrogens (tertiary/aromatic N) is 3. The number of aromatic nitrogens is 3. The molecule has 0 saturated heterocycles. The molecule has 0 aliphatic rings. The first-order valence-corrected chi connectivity index (χ1v) is 7.03. The largest absolute Gasteiger partial charge is 0.382 e. The molecule has 5 nitrogen and oxygen atoms in total. The van der Waals surface area contributed by atoms with Gasteiger partial charge >= 0.3 is 0 Å². The number of nitrogen functional groups attached to an aromatic ring is 1. The first-order chi connectivity index (χ1) is 10.6. The van der Waals surface area contributed by atoms with Crippen LogP contribution in [-0.2, 0) is 12.8 Å². The molecule has 0 saturated carbocycles. The first kappa shape index (κ1) is 14.2. The van der Waals surface area contributed by atoms with E-state index in [1.807, 2.05) is 13.1 Å². The molecule has 6 heteroatoms. The predicted octanol–water partition coefficient (Wildman–Crippen LogP) is 2.31. The van der Waals surface area contributed by atoms with Crippen molar-refractivity contribution in [1.82, 2.24) is 14.4 Å². The third kappa shape index (κ3) is 2.55. The van der Waals surface area contributed by atoms with Crippen molar-refractivity contribution in [2.45, 2.75) is 19.8 Å². The Balaban J connectivity index is 2.15. The Morgan fingerprint density at radius 2 is 2.05 bits per heavy atom. The van der Waals surface area contributed by atoms with Crippen LogP contribution >= 0.6 is 0 Å². The molecular weight excluding hydrogens is 281 g/mol. The summed E-state index contributed by atoms with van der Waals surface area (Å²) in [5.41, 5.74) is 8.64. The lowest BCUT2D eigenvalue weighted by Crippen LogP contribution is -2.16. The summed E-state index contributed by atoms with van der Waals surface area (Å²) >= 11 is 0. The number of nitrogens with two attached hydrogens (primary N) is 1. The second kappa shape index (κ2) is 5.55. The van der Waals surface area contributed by atoms with Crippen LogP contribution in [0.1, 0.15) is 29.6 Å². The molecule has 2 heterocycles. The molecule has 0 atom stereocenters. The van der Waals surface area contributed by atoms with Crippen LogP contribution in [0.4, 0.5) is 4.39 Å². The van der Waals surface area contributed by atoms with E-state index in [-0.39, 0.29) is 11.7 Å². The summed E-state index contributed by atoms with van der Waals surface area (Å²) in [6.07, 6.45) is 4.65. The number of hydrogen-bond donors (Lipinski definition) is 2. The summed E-state index contributed by atoms with van der Waals surface area (Å²) in [7, 11) is 0. The maximum Gasteiger partial charge on any atom is 0.159 e. The fourth-order valence-corrected chi connectivity index (χ4v) is 2.35. The van der Waals surface area contributed by atoms with Gasteiger partial charge in [-0.3, -0.25) is 5.41 Å². The number of benzene rings is 1. The van der Waals surface area contributed by atoms with Crippen LogP contribution < -0.4 is 5.73 Å². The van der Waals surface area contributed by atoms with Crippen molar-refractivity contribution in [3.63, 3.8) is 0 Å². The molecule has 112 valence electrons. The minimum Gasteiger partial charge on any atom is -0.382 e. The van der Waals surface area contributed by atoms with E-state index in [0.717, 1.165) is 12.1 Å². The third-order valence-electron chi connectivity index (χ3n) is 3.51. The topological polar surface area (TPSA) is 80.1 Å². The van der Waals surface area contributed by atoms with Crippen molar-refractivity contribution >= 4 is 11.5 Å². The third-order valence-corrected chi connectivity index (χ3v) is 3.51. The molecule has 2 aromatic heterocycles. The Morgan fingerprint density at radius 1 is 1.27 bits per heavy atom. The number of fused-ring (bicyclic) bond motifs is 1. The zero-order valence-corrected chi connectivity index (χ0v) is 12.2. The van der Waals surface area contributed by atoms with Gasteiger partial charge < -0.3 is 10.1 Å². The van der Waals surface area contributed by atoms with E-state index in [1.54, 1.807) is 28.8 Å². The van der Waals surface area contributed by atoms with Gasteiger partial charge in [-0.25, -0.2) is 14.4 Å². The van der Waals surface area contributed by atoms with E-state index in [0.29, 0.717) is 29.0 Å². The lowest BCUT2D eigenvalue weighted by atomic mass is 10.1. The quantitative estimate of drug-likeness (QED) is 0.573. The fourth-order valence-electron chi connectivity index (χ4n) is 2.35. The normalized spacial score (nSPS) is 11.0. The SMILES string of the molecule is CCc1cn2cc(C(=N)N)nc(Cc3ccccc3F)c2n1. The van der Waals surface area contributed by atoms with E-state index in [2.05, 4.69) is 9.97 Å². The standard InChI is InChI=1S/C16H16FN5/c1-2-11-8-22-9-14(15(18)19)21-13(16(22)20-11)7-10-5-3-4-6-12(10)17/h3-6,8-9H,2,7H2,1H3,(H3,18,19). The zero-order valence-electron chi connectivity index (χ0n) is 12.2. The Labute approximate surface area is 127 Å². The van der Waals surface area contributed by atoms with Gasteiger partial charge in [0, 0.05) is 18.8 Å². The highest BCUT2D eigenvalue weighted by molar-refractivity contribution is 5.93. The summed E-state index contributed by atoms with van der Waals surface area (Å²) in [5, 5.41) is 7.59. The van der Waals surface area contributed by atoms with Gasteiger partial charge in [-0.05, 0) is 18.1 Å². The van der Waals surface area contributed by atoms with Gasteiger partial charge in [0.05, 0.1) is 11.4 Å². The van der Waals surface area contributed by atoms with Gasteiger partial charge in [0.1, 0.15) is 17.3 Å².